The van der Waals surface area contributed by atoms with Gasteiger partial charge >= 0.3 is 12.0 Å². The predicted octanol–water partition coefficient (Wildman–Crippen LogP) is 0.720. The van der Waals surface area contributed by atoms with Crippen molar-refractivity contribution in [3.05, 3.63) is 17.5 Å². The second kappa shape index (κ2) is 5.76. The van der Waals surface area contributed by atoms with Crippen LogP contribution in [0, 0.1) is 6.92 Å². The van der Waals surface area contributed by atoms with Crippen LogP contribution in [-0.2, 0) is 9.84 Å². The number of H-pyrrole nitrogens is 1. The van der Waals surface area contributed by atoms with Gasteiger partial charge in [0.15, 0.2) is 0 Å². The van der Waals surface area contributed by atoms with Gasteiger partial charge in [0, 0.05) is 11.7 Å². The minimum absolute atomic E-state index is 0.0571. The van der Waals surface area contributed by atoms with E-state index < -0.39 is 21.8 Å². The van der Waals surface area contributed by atoms with Crippen molar-refractivity contribution in [3.63, 3.8) is 0 Å². The molecule has 2 rings (SSSR count). The maximum atomic E-state index is 11.8. The fourth-order valence-corrected chi connectivity index (χ4v) is 3.73. The second-order valence-corrected chi connectivity index (χ2v) is 7.37. The fourth-order valence-electron chi connectivity index (χ4n) is 2.23. The Labute approximate surface area is 121 Å². The maximum absolute atomic E-state index is 11.8. The van der Waals surface area contributed by atoms with E-state index >= 15 is 0 Å². The lowest BCUT2D eigenvalue weighted by Crippen LogP contribution is -2.42. The molecule has 1 aliphatic rings. The number of carboxylic acid groups (broad SMARTS) is 1. The van der Waals surface area contributed by atoms with E-state index in [9.17, 15) is 18.0 Å². The number of carbonyl (C=O) groups is 2. The Morgan fingerprint density at radius 2 is 1.95 bits per heavy atom. The molecule has 0 aliphatic carbocycles. The number of rotatable bonds is 3. The molecule has 4 N–H and O–H groups in total. The molecule has 116 valence electrons. The highest BCUT2D eigenvalue weighted by Gasteiger charge is 2.25. The minimum atomic E-state index is -2.98. The lowest BCUT2D eigenvalue weighted by Gasteiger charge is -2.23. The highest BCUT2D eigenvalue weighted by molar-refractivity contribution is 7.91. The third kappa shape index (κ3) is 3.97. The SMILES string of the molecule is Cc1cc(NC(=O)NC2CCS(=O)(=O)CC2)c(C(=O)O)[nH]1. The summed E-state index contributed by atoms with van der Waals surface area (Å²) in [6, 6.07) is 0.761. The third-order valence-corrected chi connectivity index (χ3v) is 5.02. The number of aromatic amines is 1. The number of amides is 2. The van der Waals surface area contributed by atoms with E-state index in [-0.39, 0.29) is 28.9 Å². The summed E-state index contributed by atoms with van der Waals surface area (Å²) in [5, 5.41) is 14.1. The summed E-state index contributed by atoms with van der Waals surface area (Å²) in [5.74, 6) is -1.05. The molecule has 1 aromatic heterocycles. The number of anilines is 1. The number of carboxylic acids is 1. The van der Waals surface area contributed by atoms with Gasteiger partial charge in [0.05, 0.1) is 17.2 Å². The number of hydrogen-bond acceptors (Lipinski definition) is 4. The summed E-state index contributed by atoms with van der Waals surface area (Å²) in [7, 11) is -2.98. The van der Waals surface area contributed by atoms with Crippen LogP contribution in [0.1, 0.15) is 29.0 Å². The first kappa shape index (κ1) is 15.4. The Kier molecular flexibility index (Phi) is 4.21. The van der Waals surface area contributed by atoms with Crippen LogP contribution in [-0.4, -0.2) is 48.1 Å². The van der Waals surface area contributed by atoms with Crippen molar-refractivity contribution in [3.8, 4) is 0 Å². The summed E-state index contributed by atoms with van der Waals surface area (Å²) in [6.07, 6.45) is 0.738. The first-order valence-corrected chi connectivity index (χ1v) is 8.30. The van der Waals surface area contributed by atoms with E-state index in [0.717, 1.165) is 0 Å². The topological polar surface area (TPSA) is 128 Å². The van der Waals surface area contributed by atoms with Crippen LogP contribution in [0.25, 0.3) is 0 Å². The fraction of sp³-hybridized carbons (Fsp3) is 0.500. The van der Waals surface area contributed by atoms with Gasteiger partial charge in [-0.1, -0.05) is 0 Å². The Morgan fingerprint density at radius 1 is 1.33 bits per heavy atom. The molecule has 0 spiro atoms. The second-order valence-electron chi connectivity index (χ2n) is 5.07. The first-order chi connectivity index (χ1) is 9.77. The zero-order chi connectivity index (χ0) is 15.6. The Balaban J connectivity index is 1.95. The number of aryl methyl sites for hydroxylation is 1. The van der Waals surface area contributed by atoms with Crippen LogP contribution in [0.5, 0.6) is 0 Å². The first-order valence-electron chi connectivity index (χ1n) is 6.48. The molecule has 2 heterocycles. The highest BCUT2D eigenvalue weighted by atomic mass is 32.2. The lowest BCUT2D eigenvalue weighted by molar-refractivity contribution is 0.0692. The minimum Gasteiger partial charge on any atom is -0.477 e. The Hall–Kier alpha value is -2.03. The van der Waals surface area contributed by atoms with Crippen LogP contribution in [0.4, 0.5) is 10.5 Å². The van der Waals surface area contributed by atoms with Gasteiger partial charge in [0.1, 0.15) is 15.5 Å². The molecule has 9 heteroatoms. The monoisotopic (exact) mass is 315 g/mol. The standard InChI is InChI=1S/C12H17N3O5S/c1-7-6-9(10(13-7)11(16)17)15-12(18)14-8-2-4-21(19,20)5-3-8/h6,8,13H,2-5H2,1H3,(H,16,17)(H2,14,15,18). The molecule has 1 fully saturated rings. The van der Waals surface area contributed by atoms with E-state index in [0.29, 0.717) is 18.5 Å². The third-order valence-electron chi connectivity index (χ3n) is 3.30. The van der Waals surface area contributed by atoms with E-state index in [1.807, 2.05) is 0 Å². The van der Waals surface area contributed by atoms with Gasteiger partial charge < -0.3 is 20.7 Å². The van der Waals surface area contributed by atoms with Crippen molar-refractivity contribution in [2.24, 2.45) is 0 Å². The summed E-state index contributed by atoms with van der Waals surface area (Å²) in [6.45, 7) is 1.68. The number of nitrogens with one attached hydrogen (secondary N) is 3. The van der Waals surface area contributed by atoms with Gasteiger partial charge in [0.25, 0.3) is 0 Å². The molecule has 0 radical (unpaired) electrons. The van der Waals surface area contributed by atoms with Gasteiger partial charge in [-0.3, -0.25) is 0 Å². The van der Waals surface area contributed by atoms with Crippen molar-refractivity contribution in [2.45, 2.75) is 25.8 Å². The predicted molar refractivity (Wildman–Crippen MR) is 76.3 cm³/mol. The maximum Gasteiger partial charge on any atom is 0.354 e. The molecule has 0 aromatic carbocycles. The van der Waals surface area contributed by atoms with E-state index in [2.05, 4.69) is 15.6 Å². The zero-order valence-corrected chi connectivity index (χ0v) is 12.3. The van der Waals surface area contributed by atoms with Crippen LogP contribution < -0.4 is 10.6 Å². The van der Waals surface area contributed by atoms with Crippen molar-refractivity contribution < 1.29 is 23.1 Å². The zero-order valence-electron chi connectivity index (χ0n) is 11.5. The Morgan fingerprint density at radius 3 is 2.52 bits per heavy atom. The molecule has 0 bridgehead atoms. The average Bonchev–Trinajstić information content (AvgIpc) is 2.73. The van der Waals surface area contributed by atoms with Crippen molar-refractivity contribution in [1.82, 2.24) is 10.3 Å². The average molecular weight is 315 g/mol. The van der Waals surface area contributed by atoms with Gasteiger partial charge in [0.2, 0.25) is 0 Å². The molecule has 0 unspecified atom stereocenters. The van der Waals surface area contributed by atoms with E-state index in [4.69, 9.17) is 5.11 Å². The quantitative estimate of drug-likeness (QED) is 0.653. The molecule has 2 amide bonds. The van der Waals surface area contributed by atoms with Crippen molar-refractivity contribution >= 4 is 27.5 Å². The molecule has 0 atom stereocenters. The summed E-state index contributed by atoms with van der Waals surface area (Å²) >= 11 is 0. The normalized spacial score (nSPS) is 18.1. The van der Waals surface area contributed by atoms with E-state index in [1.165, 1.54) is 6.07 Å². The molecular weight excluding hydrogens is 298 g/mol. The number of hydrogen-bond donors (Lipinski definition) is 4. The van der Waals surface area contributed by atoms with Crippen LogP contribution in [0.3, 0.4) is 0 Å². The van der Waals surface area contributed by atoms with Gasteiger partial charge in [-0.15, -0.1) is 0 Å². The summed E-state index contributed by atoms with van der Waals surface area (Å²) in [5.41, 5.74) is 0.710. The van der Waals surface area contributed by atoms with Crippen LogP contribution in [0.2, 0.25) is 0 Å². The van der Waals surface area contributed by atoms with Gasteiger partial charge in [-0.2, -0.15) is 0 Å². The molecule has 21 heavy (non-hydrogen) atoms. The largest absolute Gasteiger partial charge is 0.477 e. The van der Waals surface area contributed by atoms with Gasteiger partial charge in [-0.25, -0.2) is 18.0 Å². The number of aromatic nitrogens is 1. The smallest absolute Gasteiger partial charge is 0.354 e. The van der Waals surface area contributed by atoms with Crippen LogP contribution >= 0.6 is 0 Å². The number of carbonyl (C=O) groups excluding carboxylic acids is 1. The van der Waals surface area contributed by atoms with Crippen molar-refractivity contribution in [2.75, 3.05) is 16.8 Å². The molecule has 8 nitrogen and oxygen atoms in total. The summed E-state index contributed by atoms with van der Waals surface area (Å²) < 4.78 is 22.6. The highest BCUT2D eigenvalue weighted by Crippen LogP contribution is 2.17. The Bertz CT molecular complexity index is 650. The van der Waals surface area contributed by atoms with Crippen molar-refractivity contribution in [1.29, 1.82) is 0 Å². The molecule has 0 saturated carbocycles. The number of urea groups is 1. The van der Waals surface area contributed by atoms with E-state index in [1.54, 1.807) is 6.92 Å². The van der Waals surface area contributed by atoms with Gasteiger partial charge in [-0.05, 0) is 25.8 Å². The van der Waals surface area contributed by atoms with Crippen LogP contribution in [0.15, 0.2) is 6.07 Å². The number of sulfone groups is 1. The molecular formula is C12H17N3O5S. The number of aromatic carboxylic acids is 1. The molecule has 1 aliphatic heterocycles. The summed E-state index contributed by atoms with van der Waals surface area (Å²) in [4.78, 5) is 25.5. The lowest BCUT2D eigenvalue weighted by atomic mass is 10.2. The molecule has 1 aromatic rings. The molecule has 1 saturated heterocycles.